The van der Waals surface area contributed by atoms with E-state index < -0.39 is 12.3 Å². The number of carbonyl (C=O) groups is 2. The van der Waals surface area contributed by atoms with Gasteiger partial charge in [0.25, 0.3) is 0 Å². The maximum Gasteiger partial charge on any atom is 0.323 e. The zero-order valence-corrected chi connectivity index (χ0v) is 15.6. The van der Waals surface area contributed by atoms with Gasteiger partial charge in [0.05, 0.1) is 23.5 Å². The molecule has 6 nitrogen and oxygen atoms in total. The third kappa shape index (κ3) is 4.47. The Morgan fingerprint density at radius 1 is 1.20 bits per heavy atom. The van der Waals surface area contributed by atoms with Crippen molar-refractivity contribution in [1.29, 1.82) is 0 Å². The zero-order chi connectivity index (χ0) is 17.8. The first-order valence-electron chi connectivity index (χ1n) is 9.62. The molecule has 25 heavy (non-hydrogen) atoms. The lowest BCUT2D eigenvalue weighted by Gasteiger charge is -2.48. The maximum atomic E-state index is 12.0. The molecule has 6 atom stereocenters. The second-order valence-electron chi connectivity index (χ2n) is 7.43. The van der Waals surface area contributed by atoms with Gasteiger partial charge in [0.2, 0.25) is 5.91 Å². The number of imide groups is 1. The average Bonchev–Trinajstić information content (AvgIpc) is 2.59. The molecule has 2 heterocycles. The van der Waals surface area contributed by atoms with Gasteiger partial charge in [0, 0.05) is 6.61 Å². The highest BCUT2D eigenvalue weighted by Gasteiger charge is 2.50. The number of hydrogen-bond acceptors (Lipinski definition) is 4. The molecule has 2 N–H and O–H groups in total. The monoisotopic (exact) mass is 372 g/mol. The molecule has 1 aliphatic carbocycles. The van der Waals surface area contributed by atoms with Gasteiger partial charge in [-0.1, -0.05) is 32.6 Å². The van der Waals surface area contributed by atoms with Crippen molar-refractivity contribution < 1.29 is 19.1 Å². The Morgan fingerprint density at radius 3 is 2.80 bits per heavy atom. The summed E-state index contributed by atoms with van der Waals surface area (Å²) in [7, 11) is 0. The van der Waals surface area contributed by atoms with Crippen LogP contribution in [0.15, 0.2) is 0 Å². The molecule has 3 aliphatic rings. The minimum atomic E-state index is -0.573. The molecule has 1 saturated carbocycles. The van der Waals surface area contributed by atoms with Crippen LogP contribution in [0.1, 0.15) is 58.3 Å². The van der Waals surface area contributed by atoms with Crippen LogP contribution in [0, 0.1) is 11.8 Å². The number of carbonyl (C=O) groups excluding carboxylic acids is 2. The summed E-state index contributed by atoms with van der Waals surface area (Å²) in [5, 5.41) is 4.77. The number of nitrogens with one attached hydrogen (secondary N) is 2. The Bertz CT molecular complexity index is 490. The molecular weight excluding hydrogens is 344 g/mol. The smallest absolute Gasteiger partial charge is 0.323 e. The van der Waals surface area contributed by atoms with Gasteiger partial charge in [-0.05, 0) is 31.6 Å². The van der Waals surface area contributed by atoms with Crippen molar-refractivity contribution in [3.8, 4) is 0 Å². The molecule has 0 radical (unpaired) electrons. The summed E-state index contributed by atoms with van der Waals surface area (Å²) in [6.45, 7) is 2.94. The van der Waals surface area contributed by atoms with Crippen LogP contribution in [0.2, 0.25) is 0 Å². The highest BCUT2D eigenvalue weighted by molar-refractivity contribution is 6.21. The van der Waals surface area contributed by atoms with E-state index in [-0.39, 0.29) is 35.3 Å². The van der Waals surface area contributed by atoms with E-state index in [0.717, 1.165) is 25.9 Å². The first kappa shape index (κ1) is 18.9. The van der Waals surface area contributed by atoms with E-state index in [0.29, 0.717) is 6.42 Å². The lowest BCUT2D eigenvalue weighted by molar-refractivity contribution is -0.170. The summed E-state index contributed by atoms with van der Waals surface area (Å²) in [5.74, 6) is -0.323. The zero-order valence-electron chi connectivity index (χ0n) is 14.8. The molecule has 0 bridgehead atoms. The Morgan fingerprint density at radius 2 is 2.00 bits per heavy atom. The van der Waals surface area contributed by atoms with Crippen LogP contribution in [-0.2, 0) is 14.3 Å². The Hall–Kier alpha value is -0.850. The number of fused-ring (bicyclic) bond motifs is 2. The number of rotatable bonds is 7. The van der Waals surface area contributed by atoms with Crippen LogP contribution < -0.4 is 10.6 Å². The number of urea groups is 1. The molecule has 0 aromatic heterocycles. The highest BCUT2D eigenvalue weighted by atomic mass is 35.5. The SMILES string of the molecule is CCCCCCCOC1CCC2CC3C(=O)NC(=O)NC3OC2C1Cl. The van der Waals surface area contributed by atoms with E-state index >= 15 is 0 Å². The van der Waals surface area contributed by atoms with Gasteiger partial charge in [0.1, 0.15) is 6.23 Å². The minimum absolute atomic E-state index is 0.0150. The highest BCUT2D eigenvalue weighted by Crippen LogP contribution is 2.41. The van der Waals surface area contributed by atoms with Crippen molar-refractivity contribution in [2.45, 2.75) is 82.1 Å². The molecule has 2 saturated heterocycles. The number of alkyl halides is 1. The Balaban J connectivity index is 1.49. The van der Waals surface area contributed by atoms with Crippen molar-refractivity contribution in [3.63, 3.8) is 0 Å². The minimum Gasteiger partial charge on any atom is -0.377 e. The summed E-state index contributed by atoms with van der Waals surface area (Å²) in [5.41, 5.74) is 0. The quantitative estimate of drug-likeness (QED) is 0.532. The van der Waals surface area contributed by atoms with Crippen LogP contribution in [-0.4, -0.2) is 42.4 Å². The first-order valence-corrected chi connectivity index (χ1v) is 10.1. The third-order valence-corrected chi connectivity index (χ3v) is 6.14. The fourth-order valence-corrected chi connectivity index (χ4v) is 4.65. The molecule has 7 heteroatoms. The maximum absolute atomic E-state index is 12.0. The van der Waals surface area contributed by atoms with Gasteiger partial charge in [0.15, 0.2) is 0 Å². The molecule has 3 fully saturated rings. The lowest BCUT2D eigenvalue weighted by atomic mass is 9.76. The van der Waals surface area contributed by atoms with Crippen LogP contribution in [0.5, 0.6) is 0 Å². The first-order chi connectivity index (χ1) is 12.1. The van der Waals surface area contributed by atoms with Crippen molar-refractivity contribution in [1.82, 2.24) is 10.6 Å². The number of unbranched alkanes of at least 4 members (excludes halogenated alkanes) is 4. The molecule has 0 aromatic carbocycles. The fourth-order valence-electron chi connectivity index (χ4n) is 4.19. The summed E-state index contributed by atoms with van der Waals surface area (Å²) in [6.07, 6.45) is 7.82. The summed E-state index contributed by atoms with van der Waals surface area (Å²) < 4.78 is 12.1. The number of ether oxygens (including phenoxy) is 2. The standard InChI is InChI=1S/C18H29ClN2O4/c1-2-3-4-5-6-9-24-13-8-7-11-10-12-16(22)20-18(23)21-17(12)25-15(11)14(13)19/h11-15,17H,2-10H2,1H3,(H2,20,21,22,23). The van der Waals surface area contributed by atoms with Gasteiger partial charge < -0.3 is 14.8 Å². The third-order valence-electron chi connectivity index (χ3n) is 5.61. The van der Waals surface area contributed by atoms with Crippen molar-refractivity contribution in [3.05, 3.63) is 0 Å². The average molecular weight is 373 g/mol. The number of halogens is 1. The van der Waals surface area contributed by atoms with Gasteiger partial charge in [-0.15, -0.1) is 11.6 Å². The van der Waals surface area contributed by atoms with E-state index in [9.17, 15) is 9.59 Å². The van der Waals surface area contributed by atoms with Gasteiger partial charge in [-0.2, -0.15) is 0 Å². The second kappa shape index (κ2) is 8.69. The molecular formula is C18H29ClN2O4. The predicted molar refractivity (Wildman–Crippen MR) is 94.3 cm³/mol. The molecule has 0 spiro atoms. The number of amides is 3. The molecule has 2 aliphatic heterocycles. The summed E-state index contributed by atoms with van der Waals surface area (Å²) in [4.78, 5) is 23.5. The Kier molecular flexibility index (Phi) is 6.58. The van der Waals surface area contributed by atoms with Crippen LogP contribution >= 0.6 is 11.6 Å². The topological polar surface area (TPSA) is 76.7 Å². The van der Waals surface area contributed by atoms with E-state index in [4.69, 9.17) is 21.1 Å². The fraction of sp³-hybridized carbons (Fsp3) is 0.889. The molecule has 6 unspecified atom stereocenters. The predicted octanol–water partition coefficient (Wildman–Crippen LogP) is 2.93. The van der Waals surface area contributed by atoms with Crippen LogP contribution in [0.3, 0.4) is 0 Å². The molecule has 3 rings (SSSR count). The van der Waals surface area contributed by atoms with Gasteiger partial charge in [-0.3, -0.25) is 10.1 Å². The molecule has 0 aromatic rings. The summed E-state index contributed by atoms with van der Waals surface area (Å²) in [6, 6.07) is -0.494. The van der Waals surface area contributed by atoms with Gasteiger partial charge in [-0.25, -0.2) is 4.79 Å². The van der Waals surface area contributed by atoms with E-state index in [1.54, 1.807) is 0 Å². The second-order valence-corrected chi connectivity index (χ2v) is 7.94. The lowest BCUT2D eigenvalue weighted by Crippen LogP contribution is -2.65. The van der Waals surface area contributed by atoms with Crippen LogP contribution in [0.4, 0.5) is 4.79 Å². The molecule has 3 amide bonds. The van der Waals surface area contributed by atoms with E-state index in [1.807, 2.05) is 0 Å². The van der Waals surface area contributed by atoms with Crippen molar-refractivity contribution in [2.24, 2.45) is 11.8 Å². The summed E-state index contributed by atoms with van der Waals surface area (Å²) >= 11 is 6.66. The normalized spacial score (nSPS) is 37.7. The van der Waals surface area contributed by atoms with Gasteiger partial charge >= 0.3 is 6.03 Å². The van der Waals surface area contributed by atoms with Crippen molar-refractivity contribution in [2.75, 3.05) is 6.61 Å². The Labute approximate surface area is 154 Å². The number of hydrogen-bond donors (Lipinski definition) is 2. The van der Waals surface area contributed by atoms with Crippen LogP contribution in [0.25, 0.3) is 0 Å². The van der Waals surface area contributed by atoms with E-state index in [2.05, 4.69) is 17.6 Å². The van der Waals surface area contributed by atoms with Crippen molar-refractivity contribution >= 4 is 23.5 Å². The molecule has 142 valence electrons. The van der Waals surface area contributed by atoms with E-state index in [1.165, 1.54) is 25.7 Å². The largest absolute Gasteiger partial charge is 0.377 e.